The summed E-state index contributed by atoms with van der Waals surface area (Å²) in [4.78, 5) is 0. The van der Waals surface area contributed by atoms with Crippen LogP contribution in [0.2, 0.25) is 0 Å². The van der Waals surface area contributed by atoms with Gasteiger partial charge in [-0.2, -0.15) is 0 Å². The van der Waals surface area contributed by atoms with Crippen molar-refractivity contribution in [3.8, 4) is 0 Å². The van der Waals surface area contributed by atoms with Gasteiger partial charge in [-0.05, 0) is 25.0 Å². The summed E-state index contributed by atoms with van der Waals surface area (Å²) in [6.07, 6.45) is 3.80. The topological polar surface area (TPSA) is 56.2 Å². The molecule has 1 fully saturated rings. The molecule has 0 aromatic carbocycles. The van der Waals surface area contributed by atoms with Crippen LogP contribution >= 0.6 is 0 Å². The van der Waals surface area contributed by atoms with Crippen LogP contribution in [0.3, 0.4) is 0 Å². The van der Waals surface area contributed by atoms with Gasteiger partial charge in [-0.15, -0.1) is 10.2 Å². The van der Waals surface area contributed by atoms with E-state index in [1.165, 1.54) is 25.0 Å². The molecule has 2 N–H and O–H groups in total. The summed E-state index contributed by atoms with van der Waals surface area (Å²) < 4.78 is 2.21. The molecule has 0 saturated heterocycles. The third-order valence-electron chi connectivity index (χ3n) is 3.81. The SMILES string of the molecule is CC(CN)c1cccc2nnc(C3CCC3)n12. The van der Waals surface area contributed by atoms with Crippen LogP contribution in [0.4, 0.5) is 0 Å². The Kier molecular flexibility index (Phi) is 2.59. The Hall–Kier alpha value is -1.42. The van der Waals surface area contributed by atoms with Crippen molar-refractivity contribution < 1.29 is 0 Å². The van der Waals surface area contributed by atoms with Gasteiger partial charge >= 0.3 is 0 Å². The van der Waals surface area contributed by atoms with E-state index in [1.54, 1.807) is 0 Å². The molecular weight excluding hydrogens is 212 g/mol. The first-order valence-corrected chi connectivity index (χ1v) is 6.35. The molecule has 4 heteroatoms. The molecular formula is C13H18N4. The van der Waals surface area contributed by atoms with Crippen LogP contribution in [0.25, 0.3) is 5.65 Å². The predicted octanol–water partition coefficient (Wildman–Crippen LogP) is 2.06. The second kappa shape index (κ2) is 4.11. The highest BCUT2D eigenvalue weighted by Gasteiger charge is 2.25. The van der Waals surface area contributed by atoms with E-state index in [4.69, 9.17) is 5.73 Å². The minimum Gasteiger partial charge on any atom is -0.330 e. The van der Waals surface area contributed by atoms with Crippen LogP contribution < -0.4 is 5.73 Å². The molecule has 2 aromatic rings. The number of fused-ring (bicyclic) bond motifs is 1. The van der Waals surface area contributed by atoms with Crippen molar-refractivity contribution in [3.05, 3.63) is 29.7 Å². The average molecular weight is 230 g/mol. The Morgan fingerprint density at radius 3 is 2.88 bits per heavy atom. The fourth-order valence-electron chi connectivity index (χ4n) is 2.43. The van der Waals surface area contributed by atoms with Crippen molar-refractivity contribution in [3.63, 3.8) is 0 Å². The number of pyridine rings is 1. The monoisotopic (exact) mass is 230 g/mol. The molecule has 0 aliphatic heterocycles. The van der Waals surface area contributed by atoms with E-state index >= 15 is 0 Å². The van der Waals surface area contributed by atoms with E-state index in [0.717, 1.165) is 11.5 Å². The highest BCUT2D eigenvalue weighted by molar-refractivity contribution is 5.41. The van der Waals surface area contributed by atoms with Gasteiger partial charge < -0.3 is 5.73 Å². The smallest absolute Gasteiger partial charge is 0.161 e. The Morgan fingerprint density at radius 2 is 2.24 bits per heavy atom. The number of hydrogen-bond donors (Lipinski definition) is 1. The Labute approximate surface area is 101 Å². The molecule has 1 saturated carbocycles. The van der Waals surface area contributed by atoms with E-state index in [2.05, 4.69) is 27.6 Å². The predicted molar refractivity (Wildman–Crippen MR) is 67.0 cm³/mol. The quantitative estimate of drug-likeness (QED) is 0.878. The van der Waals surface area contributed by atoms with E-state index in [9.17, 15) is 0 Å². The molecule has 17 heavy (non-hydrogen) atoms. The molecule has 1 aliphatic carbocycles. The molecule has 4 nitrogen and oxygen atoms in total. The lowest BCUT2D eigenvalue weighted by Gasteiger charge is -2.24. The van der Waals surface area contributed by atoms with E-state index in [0.29, 0.717) is 18.4 Å². The second-order valence-corrected chi connectivity index (χ2v) is 4.97. The van der Waals surface area contributed by atoms with Crippen molar-refractivity contribution in [1.29, 1.82) is 0 Å². The fraction of sp³-hybridized carbons (Fsp3) is 0.538. The standard InChI is InChI=1S/C13H18N4/c1-9(8-14)11-6-3-7-12-15-16-13(17(11)12)10-4-2-5-10/h3,6-7,9-10H,2,4-5,8,14H2,1H3. The third kappa shape index (κ3) is 1.63. The van der Waals surface area contributed by atoms with Crippen molar-refractivity contribution in [1.82, 2.24) is 14.6 Å². The van der Waals surface area contributed by atoms with Gasteiger partial charge in [-0.1, -0.05) is 19.4 Å². The molecule has 2 aromatic heterocycles. The lowest BCUT2D eigenvalue weighted by Crippen LogP contribution is -2.17. The number of nitrogens with two attached hydrogens (primary N) is 1. The van der Waals surface area contributed by atoms with Crippen LogP contribution in [-0.4, -0.2) is 21.1 Å². The molecule has 0 bridgehead atoms. The number of rotatable bonds is 3. The normalized spacial score (nSPS) is 18.2. The Morgan fingerprint density at radius 1 is 1.41 bits per heavy atom. The number of hydrogen-bond acceptors (Lipinski definition) is 3. The van der Waals surface area contributed by atoms with Crippen LogP contribution in [0.1, 0.15) is 49.5 Å². The summed E-state index contributed by atoms with van der Waals surface area (Å²) in [6.45, 7) is 2.81. The molecule has 90 valence electrons. The highest BCUT2D eigenvalue weighted by Crippen LogP contribution is 2.36. The third-order valence-corrected chi connectivity index (χ3v) is 3.81. The first-order chi connectivity index (χ1) is 8.31. The first kappa shape index (κ1) is 10.7. The van der Waals surface area contributed by atoms with Crippen molar-refractivity contribution >= 4 is 5.65 Å². The maximum absolute atomic E-state index is 5.78. The number of nitrogens with zero attached hydrogens (tertiary/aromatic N) is 3. The summed E-state index contributed by atoms with van der Waals surface area (Å²) in [7, 11) is 0. The van der Waals surface area contributed by atoms with E-state index in [1.807, 2.05) is 12.1 Å². The molecule has 1 atom stereocenters. The van der Waals surface area contributed by atoms with Crippen LogP contribution in [0.5, 0.6) is 0 Å². The van der Waals surface area contributed by atoms with Gasteiger partial charge in [0, 0.05) is 24.1 Å². The van der Waals surface area contributed by atoms with Gasteiger partial charge in [0.25, 0.3) is 0 Å². The molecule has 1 unspecified atom stereocenters. The fourth-order valence-corrected chi connectivity index (χ4v) is 2.43. The zero-order valence-corrected chi connectivity index (χ0v) is 10.1. The average Bonchev–Trinajstić information content (AvgIpc) is 2.70. The summed E-state index contributed by atoms with van der Waals surface area (Å²) in [5.41, 5.74) is 7.96. The number of aromatic nitrogens is 3. The lowest BCUT2D eigenvalue weighted by molar-refractivity contribution is 0.397. The van der Waals surface area contributed by atoms with Crippen molar-refractivity contribution in [2.45, 2.75) is 38.0 Å². The molecule has 0 radical (unpaired) electrons. The lowest BCUT2D eigenvalue weighted by atomic mass is 9.85. The van der Waals surface area contributed by atoms with Crippen molar-refractivity contribution in [2.75, 3.05) is 6.54 Å². The Balaban J connectivity index is 2.16. The van der Waals surface area contributed by atoms with Crippen LogP contribution in [0.15, 0.2) is 18.2 Å². The summed E-state index contributed by atoms with van der Waals surface area (Å²) in [5, 5.41) is 8.64. The zero-order chi connectivity index (χ0) is 11.8. The van der Waals surface area contributed by atoms with Crippen LogP contribution in [0, 0.1) is 0 Å². The molecule has 0 amide bonds. The van der Waals surface area contributed by atoms with Crippen LogP contribution in [-0.2, 0) is 0 Å². The van der Waals surface area contributed by atoms with Gasteiger partial charge in [0.1, 0.15) is 5.82 Å². The molecule has 3 rings (SSSR count). The first-order valence-electron chi connectivity index (χ1n) is 6.35. The molecule has 1 aliphatic rings. The minimum atomic E-state index is 0.341. The van der Waals surface area contributed by atoms with E-state index in [-0.39, 0.29) is 0 Å². The maximum Gasteiger partial charge on any atom is 0.161 e. The van der Waals surface area contributed by atoms with Gasteiger partial charge in [0.05, 0.1) is 0 Å². The van der Waals surface area contributed by atoms with Gasteiger partial charge in [-0.25, -0.2) is 0 Å². The summed E-state index contributed by atoms with van der Waals surface area (Å²) in [5.74, 6) is 2.06. The Bertz CT molecular complexity index is 527. The molecule has 0 spiro atoms. The maximum atomic E-state index is 5.78. The van der Waals surface area contributed by atoms with E-state index < -0.39 is 0 Å². The summed E-state index contributed by atoms with van der Waals surface area (Å²) >= 11 is 0. The van der Waals surface area contributed by atoms with Gasteiger partial charge in [-0.3, -0.25) is 4.40 Å². The molecule has 2 heterocycles. The highest BCUT2D eigenvalue weighted by atomic mass is 15.3. The van der Waals surface area contributed by atoms with Gasteiger partial charge in [0.2, 0.25) is 0 Å². The zero-order valence-electron chi connectivity index (χ0n) is 10.1. The minimum absolute atomic E-state index is 0.341. The van der Waals surface area contributed by atoms with Gasteiger partial charge in [0.15, 0.2) is 5.65 Å². The van der Waals surface area contributed by atoms with Crippen molar-refractivity contribution in [2.24, 2.45) is 5.73 Å². The second-order valence-electron chi connectivity index (χ2n) is 4.97. The largest absolute Gasteiger partial charge is 0.330 e. The summed E-state index contributed by atoms with van der Waals surface area (Å²) in [6, 6.07) is 6.19.